The quantitative estimate of drug-likeness (QED) is 0.586. The average molecular weight is 222 g/mol. The second-order valence-corrected chi connectivity index (χ2v) is 4.67. The summed E-state index contributed by atoms with van der Waals surface area (Å²) < 4.78 is 5.15. The van der Waals surface area contributed by atoms with Crippen LogP contribution in [0.5, 0.6) is 0 Å². The van der Waals surface area contributed by atoms with E-state index in [1.54, 1.807) is 6.08 Å². The van der Waals surface area contributed by atoms with Crippen molar-refractivity contribution in [1.82, 2.24) is 0 Å². The molecular formula is C13H18O3. The van der Waals surface area contributed by atoms with Gasteiger partial charge in [-0.25, -0.2) is 4.79 Å². The lowest BCUT2D eigenvalue weighted by Gasteiger charge is -2.42. The highest BCUT2D eigenvalue weighted by molar-refractivity contribution is 5.84. The van der Waals surface area contributed by atoms with Gasteiger partial charge in [0.1, 0.15) is 11.7 Å². The Morgan fingerprint density at radius 2 is 2.44 bits per heavy atom. The summed E-state index contributed by atoms with van der Waals surface area (Å²) in [4.78, 5) is 11.1. The summed E-state index contributed by atoms with van der Waals surface area (Å²) in [7, 11) is 0. The summed E-state index contributed by atoms with van der Waals surface area (Å²) in [6, 6.07) is 0. The number of hydrogen-bond acceptors (Lipinski definition) is 3. The predicted octanol–water partition coefficient (Wildman–Crippen LogP) is 1.97. The van der Waals surface area contributed by atoms with Crippen molar-refractivity contribution in [3.63, 3.8) is 0 Å². The lowest BCUT2D eigenvalue weighted by atomic mass is 9.71. The van der Waals surface area contributed by atoms with Crippen LogP contribution in [0.3, 0.4) is 0 Å². The van der Waals surface area contributed by atoms with Crippen molar-refractivity contribution in [3.05, 3.63) is 24.8 Å². The molecule has 1 aliphatic heterocycles. The van der Waals surface area contributed by atoms with Crippen LogP contribution in [0.2, 0.25) is 0 Å². The first kappa shape index (κ1) is 11.4. The molecule has 1 saturated carbocycles. The van der Waals surface area contributed by atoms with Crippen molar-refractivity contribution in [2.75, 3.05) is 0 Å². The van der Waals surface area contributed by atoms with Gasteiger partial charge in [-0.3, -0.25) is 0 Å². The van der Waals surface area contributed by atoms with Crippen molar-refractivity contribution in [1.29, 1.82) is 0 Å². The molecule has 0 aromatic rings. The highest BCUT2D eigenvalue weighted by Crippen LogP contribution is 2.41. The van der Waals surface area contributed by atoms with Gasteiger partial charge in [0, 0.05) is 6.08 Å². The summed E-state index contributed by atoms with van der Waals surface area (Å²) in [6.45, 7) is 3.73. The lowest BCUT2D eigenvalue weighted by Crippen LogP contribution is -2.50. The number of allylic oxidation sites excluding steroid dienone is 1. The van der Waals surface area contributed by atoms with Crippen LogP contribution < -0.4 is 0 Å². The maximum Gasteiger partial charge on any atom is 0.331 e. The van der Waals surface area contributed by atoms with Gasteiger partial charge in [0.25, 0.3) is 0 Å². The largest absolute Gasteiger partial charge is 0.452 e. The second kappa shape index (κ2) is 4.42. The standard InChI is InChI=1S/C13H18O3/c1-2-5-10-6-3-4-9-13(10,15)11-7-8-12(14)16-11/h2,7-8,10-11,15H,1,3-6,9H2/t10-,11+,13+/m0/s1. The zero-order chi connectivity index (χ0) is 11.6. The van der Waals surface area contributed by atoms with Crippen LogP contribution in [-0.2, 0) is 9.53 Å². The number of aliphatic hydroxyl groups is 1. The SMILES string of the molecule is C=CC[C@H]1CCCC[C@]1(O)[C@H]1C=CC(=O)O1. The average Bonchev–Trinajstić information content (AvgIpc) is 2.69. The van der Waals surface area contributed by atoms with E-state index in [-0.39, 0.29) is 11.9 Å². The number of ether oxygens (including phenoxy) is 1. The molecule has 1 heterocycles. The van der Waals surface area contributed by atoms with Crippen LogP contribution in [0.25, 0.3) is 0 Å². The number of carbonyl (C=O) groups excluding carboxylic acids is 1. The highest BCUT2D eigenvalue weighted by Gasteiger charge is 2.46. The first-order chi connectivity index (χ1) is 7.66. The number of cyclic esters (lactones) is 1. The molecule has 16 heavy (non-hydrogen) atoms. The lowest BCUT2D eigenvalue weighted by molar-refractivity contribution is -0.161. The molecular weight excluding hydrogens is 204 g/mol. The van der Waals surface area contributed by atoms with Crippen LogP contribution in [-0.4, -0.2) is 22.8 Å². The van der Waals surface area contributed by atoms with Crippen molar-refractivity contribution < 1.29 is 14.6 Å². The Morgan fingerprint density at radius 1 is 1.62 bits per heavy atom. The van der Waals surface area contributed by atoms with Crippen LogP contribution in [0.15, 0.2) is 24.8 Å². The molecule has 88 valence electrons. The van der Waals surface area contributed by atoms with Gasteiger partial charge in [0.05, 0.1) is 0 Å². The Balaban J connectivity index is 2.15. The molecule has 3 atom stereocenters. The predicted molar refractivity (Wildman–Crippen MR) is 60.7 cm³/mol. The third-order valence-corrected chi connectivity index (χ3v) is 3.68. The van der Waals surface area contributed by atoms with Crippen molar-refractivity contribution >= 4 is 5.97 Å². The van der Waals surface area contributed by atoms with E-state index >= 15 is 0 Å². The van der Waals surface area contributed by atoms with Gasteiger partial charge in [0.2, 0.25) is 0 Å². The van der Waals surface area contributed by atoms with Gasteiger partial charge in [-0.05, 0) is 31.3 Å². The number of rotatable bonds is 3. The summed E-state index contributed by atoms with van der Waals surface area (Å²) >= 11 is 0. The maximum atomic E-state index is 11.1. The van der Waals surface area contributed by atoms with E-state index < -0.39 is 11.7 Å². The summed E-state index contributed by atoms with van der Waals surface area (Å²) in [5.41, 5.74) is -0.894. The number of esters is 1. The Hall–Kier alpha value is -1.09. The molecule has 1 aliphatic carbocycles. The van der Waals surface area contributed by atoms with Gasteiger partial charge >= 0.3 is 5.97 Å². The molecule has 0 aromatic carbocycles. The van der Waals surface area contributed by atoms with Crippen LogP contribution in [0.1, 0.15) is 32.1 Å². The first-order valence-electron chi connectivity index (χ1n) is 5.89. The molecule has 2 aliphatic rings. The minimum absolute atomic E-state index is 0.152. The highest BCUT2D eigenvalue weighted by atomic mass is 16.6. The fourth-order valence-electron chi connectivity index (χ4n) is 2.79. The fourth-order valence-corrected chi connectivity index (χ4v) is 2.79. The molecule has 0 amide bonds. The smallest absolute Gasteiger partial charge is 0.331 e. The van der Waals surface area contributed by atoms with Gasteiger partial charge in [-0.15, -0.1) is 6.58 Å². The molecule has 1 N–H and O–H groups in total. The third-order valence-electron chi connectivity index (χ3n) is 3.68. The molecule has 0 aromatic heterocycles. The van der Waals surface area contributed by atoms with E-state index in [1.807, 2.05) is 6.08 Å². The molecule has 3 nitrogen and oxygen atoms in total. The van der Waals surface area contributed by atoms with Crippen LogP contribution in [0, 0.1) is 5.92 Å². The molecule has 0 unspecified atom stereocenters. The second-order valence-electron chi connectivity index (χ2n) is 4.67. The minimum atomic E-state index is -0.894. The minimum Gasteiger partial charge on any atom is -0.452 e. The Labute approximate surface area is 95.8 Å². The Morgan fingerprint density at radius 3 is 3.06 bits per heavy atom. The summed E-state index contributed by atoms with van der Waals surface area (Å²) in [5, 5.41) is 10.7. The van der Waals surface area contributed by atoms with Crippen LogP contribution in [0.4, 0.5) is 0 Å². The monoisotopic (exact) mass is 222 g/mol. The molecule has 0 radical (unpaired) electrons. The first-order valence-corrected chi connectivity index (χ1v) is 5.89. The van der Waals surface area contributed by atoms with E-state index in [1.165, 1.54) is 6.08 Å². The Bertz CT molecular complexity index is 321. The van der Waals surface area contributed by atoms with Crippen molar-refractivity contribution in [3.8, 4) is 0 Å². The molecule has 0 bridgehead atoms. The molecule has 2 rings (SSSR count). The van der Waals surface area contributed by atoms with Crippen molar-refractivity contribution in [2.24, 2.45) is 5.92 Å². The number of hydrogen-bond donors (Lipinski definition) is 1. The maximum absolute atomic E-state index is 11.1. The zero-order valence-electron chi connectivity index (χ0n) is 9.39. The van der Waals surface area contributed by atoms with Gasteiger partial charge in [-0.2, -0.15) is 0 Å². The molecule has 0 spiro atoms. The van der Waals surface area contributed by atoms with E-state index in [2.05, 4.69) is 6.58 Å². The van der Waals surface area contributed by atoms with Gasteiger partial charge in [-0.1, -0.05) is 18.9 Å². The number of carbonyl (C=O) groups is 1. The summed E-state index contributed by atoms with van der Waals surface area (Å²) in [5.74, 6) is -0.194. The topological polar surface area (TPSA) is 46.5 Å². The third kappa shape index (κ3) is 1.92. The molecule has 0 saturated heterocycles. The molecule has 1 fully saturated rings. The van der Waals surface area contributed by atoms with E-state index in [0.29, 0.717) is 6.42 Å². The van der Waals surface area contributed by atoms with Gasteiger partial charge < -0.3 is 9.84 Å². The Kier molecular flexibility index (Phi) is 3.15. The van der Waals surface area contributed by atoms with E-state index in [0.717, 1.165) is 25.7 Å². The van der Waals surface area contributed by atoms with Crippen molar-refractivity contribution in [2.45, 2.75) is 43.8 Å². The fraction of sp³-hybridized carbons (Fsp3) is 0.615. The summed E-state index contributed by atoms with van der Waals surface area (Å²) in [6.07, 6.45) is 9.03. The van der Waals surface area contributed by atoms with Crippen LogP contribution >= 0.6 is 0 Å². The normalized spacial score (nSPS) is 38.4. The van der Waals surface area contributed by atoms with E-state index in [4.69, 9.17) is 4.74 Å². The van der Waals surface area contributed by atoms with Gasteiger partial charge in [0.15, 0.2) is 0 Å². The van der Waals surface area contributed by atoms with E-state index in [9.17, 15) is 9.90 Å². The zero-order valence-corrected chi connectivity index (χ0v) is 9.39. The molecule has 3 heteroatoms.